The Morgan fingerprint density at radius 2 is 2.05 bits per heavy atom. The first-order chi connectivity index (χ1) is 9.29. The molecule has 0 aliphatic rings. The van der Waals surface area contributed by atoms with Crippen molar-refractivity contribution in [3.63, 3.8) is 0 Å². The van der Waals surface area contributed by atoms with Crippen LogP contribution in [0.15, 0.2) is 36.7 Å². The van der Waals surface area contributed by atoms with Gasteiger partial charge in [-0.2, -0.15) is 0 Å². The summed E-state index contributed by atoms with van der Waals surface area (Å²) in [4.78, 5) is 4.40. The van der Waals surface area contributed by atoms with E-state index in [0.29, 0.717) is 5.02 Å². The zero-order valence-corrected chi connectivity index (χ0v) is 11.3. The molecule has 0 N–H and O–H groups in total. The van der Waals surface area contributed by atoms with Crippen LogP contribution in [0.25, 0.3) is 16.9 Å². The second-order valence-corrected chi connectivity index (χ2v) is 4.75. The molecule has 0 unspecified atom stereocenters. The Morgan fingerprint density at radius 3 is 2.84 bits per heavy atom. The van der Waals surface area contributed by atoms with Crippen LogP contribution in [-0.2, 0) is 6.42 Å². The second kappa shape index (κ2) is 4.97. The summed E-state index contributed by atoms with van der Waals surface area (Å²) in [5, 5.41) is 8.99. The lowest BCUT2D eigenvalue weighted by Crippen LogP contribution is -1.96. The number of aryl methyl sites for hydroxylation is 1. The number of halogens is 1. The lowest BCUT2D eigenvalue weighted by atomic mass is 10.1. The number of aromatic nitrogens is 4. The average Bonchev–Trinajstić information content (AvgIpc) is 2.82. The fraction of sp³-hybridized carbons (Fsp3) is 0.214. The van der Waals surface area contributed by atoms with Crippen molar-refractivity contribution in [1.82, 2.24) is 19.6 Å². The quantitative estimate of drug-likeness (QED) is 0.734. The Kier molecular flexibility index (Phi) is 3.17. The maximum Gasteiger partial charge on any atom is 0.179 e. The number of hydrogen-bond donors (Lipinski definition) is 0. The molecule has 0 spiro atoms. The van der Waals surface area contributed by atoms with Gasteiger partial charge < -0.3 is 0 Å². The fourth-order valence-corrected chi connectivity index (χ4v) is 2.28. The van der Waals surface area contributed by atoms with E-state index in [1.807, 2.05) is 34.9 Å². The van der Waals surface area contributed by atoms with Gasteiger partial charge in [0.2, 0.25) is 0 Å². The van der Waals surface area contributed by atoms with Crippen LogP contribution >= 0.6 is 11.6 Å². The molecular formula is C14H13ClN4. The molecule has 0 aliphatic carbocycles. The van der Waals surface area contributed by atoms with E-state index >= 15 is 0 Å². The molecule has 4 nitrogen and oxygen atoms in total. The summed E-state index contributed by atoms with van der Waals surface area (Å²) in [7, 11) is 0. The third kappa shape index (κ3) is 2.19. The van der Waals surface area contributed by atoms with Crippen LogP contribution in [0.5, 0.6) is 0 Å². The first-order valence-corrected chi connectivity index (χ1v) is 6.62. The van der Waals surface area contributed by atoms with Crippen molar-refractivity contribution in [2.75, 3.05) is 0 Å². The predicted molar refractivity (Wildman–Crippen MR) is 75.2 cm³/mol. The molecule has 0 aliphatic heterocycles. The van der Waals surface area contributed by atoms with Gasteiger partial charge in [-0.05, 0) is 12.5 Å². The Bertz CT molecular complexity index is 720. The first kappa shape index (κ1) is 12.1. The van der Waals surface area contributed by atoms with Gasteiger partial charge in [0.15, 0.2) is 5.65 Å². The van der Waals surface area contributed by atoms with Gasteiger partial charge in [-0.1, -0.05) is 36.7 Å². The molecule has 96 valence electrons. The molecule has 5 heteroatoms. The summed E-state index contributed by atoms with van der Waals surface area (Å²) in [5.41, 5.74) is 2.51. The summed E-state index contributed by atoms with van der Waals surface area (Å²) in [5.74, 6) is 0.952. The van der Waals surface area contributed by atoms with Crippen molar-refractivity contribution in [3.8, 4) is 11.3 Å². The molecule has 1 aromatic carbocycles. The molecule has 3 aromatic rings. The first-order valence-electron chi connectivity index (χ1n) is 6.24. The SMILES string of the molecule is CCCc1nnc2cnc(-c3ccccc3Cl)cn12. The van der Waals surface area contributed by atoms with Crippen LogP contribution < -0.4 is 0 Å². The monoisotopic (exact) mass is 272 g/mol. The van der Waals surface area contributed by atoms with Crippen LogP contribution in [0.4, 0.5) is 0 Å². The fourth-order valence-electron chi connectivity index (χ4n) is 2.05. The molecular weight excluding hydrogens is 260 g/mol. The summed E-state index contributed by atoms with van der Waals surface area (Å²) < 4.78 is 1.98. The van der Waals surface area contributed by atoms with E-state index < -0.39 is 0 Å². The summed E-state index contributed by atoms with van der Waals surface area (Å²) >= 11 is 6.20. The highest BCUT2D eigenvalue weighted by atomic mass is 35.5. The molecule has 2 aromatic heterocycles. The largest absolute Gasteiger partial charge is 0.283 e. The highest BCUT2D eigenvalue weighted by Gasteiger charge is 2.09. The zero-order valence-electron chi connectivity index (χ0n) is 10.5. The number of fused-ring (bicyclic) bond motifs is 1. The van der Waals surface area contributed by atoms with Gasteiger partial charge in [-0.3, -0.25) is 9.38 Å². The number of nitrogens with zero attached hydrogens (tertiary/aromatic N) is 4. The van der Waals surface area contributed by atoms with Gasteiger partial charge in [0.1, 0.15) is 5.82 Å². The molecule has 0 atom stereocenters. The van der Waals surface area contributed by atoms with Crippen molar-refractivity contribution in [2.45, 2.75) is 19.8 Å². The normalized spacial score (nSPS) is 11.1. The smallest absolute Gasteiger partial charge is 0.179 e. The molecule has 0 saturated heterocycles. The van der Waals surface area contributed by atoms with Gasteiger partial charge in [0.25, 0.3) is 0 Å². The van der Waals surface area contributed by atoms with Gasteiger partial charge in [-0.25, -0.2) is 0 Å². The number of benzene rings is 1. The third-order valence-corrected chi connectivity index (χ3v) is 3.32. The van der Waals surface area contributed by atoms with E-state index in [0.717, 1.165) is 35.6 Å². The van der Waals surface area contributed by atoms with Gasteiger partial charge in [0.05, 0.1) is 16.9 Å². The molecule has 0 bridgehead atoms. The third-order valence-electron chi connectivity index (χ3n) is 2.99. The van der Waals surface area contributed by atoms with Crippen molar-refractivity contribution in [3.05, 3.63) is 47.5 Å². The van der Waals surface area contributed by atoms with Crippen molar-refractivity contribution < 1.29 is 0 Å². The van der Waals surface area contributed by atoms with Crippen LogP contribution in [0.3, 0.4) is 0 Å². The zero-order chi connectivity index (χ0) is 13.2. The van der Waals surface area contributed by atoms with Gasteiger partial charge in [-0.15, -0.1) is 10.2 Å². The summed E-state index contributed by atoms with van der Waals surface area (Å²) in [6.45, 7) is 2.12. The standard InChI is InChI=1S/C14H13ClN4/c1-2-5-13-17-18-14-8-16-12(9-19(13)14)10-6-3-4-7-11(10)15/h3-4,6-9H,2,5H2,1H3. The van der Waals surface area contributed by atoms with E-state index in [2.05, 4.69) is 22.1 Å². The highest BCUT2D eigenvalue weighted by molar-refractivity contribution is 6.33. The van der Waals surface area contributed by atoms with Crippen molar-refractivity contribution >= 4 is 17.2 Å². The highest BCUT2D eigenvalue weighted by Crippen LogP contribution is 2.25. The molecule has 0 saturated carbocycles. The molecule has 3 rings (SSSR count). The average molecular weight is 273 g/mol. The minimum Gasteiger partial charge on any atom is -0.283 e. The second-order valence-electron chi connectivity index (χ2n) is 4.35. The van der Waals surface area contributed by atoms with Crippen LogP contribution in [-0.4, -0.2) is 19.6 Å². The Hall–Kier alpha value is -1.94. The van der Waals surface area contributed by atoms with E-state index in [1.54, 1.807) is 6.20 Å². The van der Waals surface area contributed by atoms with Crippen LogP contribution in [0.1, 0.15) is 19.2 Å². The molecule has 0 amide bonds. The Morgan fingerprint density at radius 1 is 1.21 bits per heavy atom. The number of hydrogen-bond acceptors (Lipinski definition) is 3. The van der Waals surface area contributed by atoms with Gasteiger partial charge in [0, 0.05) is 18.2 Å². The number of rotatable bonds is 3. The van der Waals surface area contributed by atoms with E-state index in [9.17, 15) is 0 Å². The molecule has 0 fully saturated rings. The maximum atomic E-state index is 6.20. The van der Waals surface area contributed by atoms with Crippen LogP contribution in [0, 0.1) is 0 Å². The van der Waals surface area contributed by atoms with E-state index in [4.69, 9.17) is 11.6 Å². The van der Waals surface area contributed by atoms with Crippen molar-refractivity contribution in [2.24, 2.45) is 0 Å². The molecule has 0 radical (unpaired) electrons. The lowest BCUT2D eigenvalue weighted by molar-refractivity contribution is 0.817. The topological polar surface area (TPSA) is 43.1 Å². The summed E-state index contributed by atoms with van der Waals surface area (Å²) in [6, 6.07) is 7.68. The lowest BCUT2D eigenvalue weighted by Gasteiger charge is -2.04. The molecule has 2 heterocycles. The Balaban J connectivity index is 2.15. The maximum absolute atomic E-state index is 6.20. The summed E-state index contributed by atoms with van der Waals surface area (Å²) in [6.07, 6.45) is 5.60. The predicted octanol–water partition coefficient (Wildman–Crippen LogP) is 3.40. The van der Waals surface area contributed by atoms with Crippen molar-refractivity contribution in [1.29, 1.82) is 0 Å². The van der Waals surface area contributed by atoms with Gasteiger partial charge >= 0.3 is 0 Å². The van der Waals surface area contributed by atoms with E-state index in [-0.39, 0.29) is 0 Å². The van der Waals surface area contributed by atoms with Crippen LogP contribution in [0.2, 0.25) is 5.02 Å². The molecule has 19 heavy (non-hydrogen) atoms. The Labute approximate surface area is 116 Å². The minimum absolute atomic E-state index is 0.694. The minimum atomic E-state index is 0.694. The van der Waals surface area contributed by atoms with E-state index in [1.165, 1.54) is 0 Å².